The van der Waals surface area contributed by atoms with E-state index in [1.807, 2.05) is 22.0 Å². The van der Waals surface area contributed by atoms with E-state index in [0.717, 1.165) is 51.3 Å². The van der Waals surface area contributed by atoms with Gasteiger partial charge in [0.2, 0.25) is 5.91 Å². The molecule has 1 atom stereocenters. The van der Waals surface area contributed by atoms with Gasteiger partial charge < -0.3 is 9.64 Å². The van der Waals surface area contributed by atoms with Gasteiger partial charge in [-0.3, -0.25) is 14.4 Å². The number of rotatable bonds is 4. The molecular formula is C20H24N4O2. The monoisotopic (exact) mass is 352 g/mol. The first kappa shape index (κ1) is 16.0. The van der Waals surface area contributed by atoms with Crippen molar-refractivity contribution in [1.82, 2.24) is 14.7 Å². The largest absolute Gasteiger partial charge is 0.372 e. The predicted molar refractivity (Wildman–Crippen MR) is 98.1 cm³/mol. The lowest BCUT2D eigenvalue weighted by atomic mass is 9.96. The average molecular weight is 352 g/mol. The molecule has 136 valence electrons. The second-order valence-corrected chi connectivity index (χ2v) is 7.51. The molecule has 3 aliphatic heterocycles. The van der Waals surface area contributed by atoms with Gasteiger partial charge >= 0.3 is 0 Å². The zero-order valence-corrected chi connectivity index (χ0v) is 14.9. The molecule has 1 aromatic heterocycles. The fourth-order valence-corrected chi connectivity index (χ4v) is 4.31. The summed E-state index contributed by atoms with van der Waals surface area (Å²) in [6.45, 7) is 4.53. The molecule has 1 aromatic carbocycles. The summed E-state index contributed by atoms with van der Waals surface area (Å²) in [6.07, 6.45) is 6.65. The minimum absolute atomic E-state index is 0.177. The van der Waals surface area contributed by atoms with Crippen LogP contribution in [0, 0.1) is 0 Å². The van der Waals surface area contributed by atoms with Gasteiger partial charge in [-0.05, 0) is 24.0 Å². The van der Waals surface area contributed by atoms with Crippen LogP contribution in [-0.2, 0) is 16.0 Å². The van der Waals surface area contributed by atoms with Crippen molar-refractivity contribution in [2.75, 3.05) is 37.7 Å². The van der Waals surface area contributed by atoms with E-state index in [2.05, 4.69) is 34.3 Å². The molecule has 1 unspecified atom stereocenters. The summed E-state index contributed by atoms with van der Waals surface area (Å²) in [5, 5.41) is 4.50. The fourth-order valence-electron chi connectivity index (χ4n) is 4.31. The van der Waals surface area contributed by atoms with Crippen LogP contribution in [0.1, 0.15) is 36.1 Å². The molecular weight excluding hydrogens is 328 g/mol. The van der Waals surface area contributed by atoms with Crippen LogP contribution in [0.5, 0.6) is 0 Å². The summed E-state index contributed by atoms with van der Waals surface area (Å²) in [5.74, 6) is 0.216. The first-order valence-electron chi connectivity index (χ1n) is 9.54. The Labute approximate surface area is 153 Å². The molecule has 0 bridgehead atoms. The molecule has 6 nitrogen and oxygen atoms in total. The number of likely N-dealkylation sites (tertiary alicyclic amines) is 1. The number of carbonyl (C=O) groups is 1. The highest BCUT2D eigenvalue weighted by Gasteiger charge is 2.33. The molecule has 2 fully saturated rings. The molecule has 2 saturated heterocycles. The minimum Gasteiger partial charge on any atom is -0.372 e. The number of carbonyl (C=O) groups excluding carboxylic acids is 1. The van der Waals surface area contributed by atoms with Gasteiger partial charge in [-0.25, -0.2) is 0 Å². The van der Waals surface area contributed by atoms with Crippen LogP contribution in [0.3, 0.4) is 0 Å². The number of ether oxygens (including phenoxy) is 1. The lowest BCUT2D eigenvalue weighted by Crippen LogP contribution is -2.49. The fraction of sp³-hybridized carbons (Fsp3) is 0.500. The summed E-state index contributed by atoms with van der Waals surface area (Å²) in [6, 6.07) is 9.02. The molecule has 0 spiro atoms. The van der Waals surface area contributed by atoms with Gasteiger partial charge in [0.25, 0.3) is 0 Å². The van der Waals surface area contributed by atoms with Crippen LogP contribution in [0.2, 0.25) is 0 Å². The Morgan fingerprint density at radius 1 is 1.19 bits per heavy atom. The van der Waals surface area contributed by atoms with Gasteiger partial charge in [0.05, 0.1) is 30.6 Å². The maximum absolute atomic E-state index is 11.9. The van der Waals surface area contributed by atoms with E-state index in [1.165, 1.54) is 11.1 Å². The number of fused-ring (bicyclic) bond motifs is 1. The summed E-state index contributed by atoms with van der Waals surface area (Å²) < 4.78 is 8.05. The number of hydrogen-bond donors (Lipinski definition) is 0. The first-order valence-corrected chi connectivity index (χ1v) is 9.54. The molecule has 2 aromatic rings. The number of hydrogen-bond acceptors (Lipinski definition) is 4. The number of benzene rings is 1. The molecule has 0 N–H and O–H groups in total. The normalized spacial score (nSPS) is 23.9. The Morgan fingerprint density at radius 3 is 2.92 bits per heavy atom. The highest BCUT2D eigenvalue weighted by atomic mass is 16.5. The second-order valence-electron chi connectivity index (χ2n) is 7.51. The topological polar surface area (TPSA) is 50.6 Å². The Morgan fingerprint density at radius 2 is 2.08 bits per heavy atom. The first-order chi connectivity index (χ1) is 12.8. The van der Waals surface area contributed by atoms with Gasteiger partial charge in [0.1, 0.15) is 0 Å². The van der Waals surface area contributed by atoms with E-state index in [-0.39, 0.29) is 12.0 Å². The summed E-state index contributed by atoms with van der Waals surface area (Å²) >= 11 is 0. The lowest BCUT2D eigenvalue weighted by Gasteiger charge is -2.41. The summed E-state index contributed by atoms with van der Waals surface area (Å²) in [4.78, 5) is 16.2. The van der Waals surface area contributed by atoms with Crippen LogP contribution in [0.25, 0.3) is 0 Å². The van der Waals surface area contributed by atoms with E-state index < -0.39 is 0 Å². The third kappa shape index (κ3) is 2.83. The lowest BCUT2D eigenvalue weighted by molar-refractivity contribution is -0.117. The van der Waals surface area contributed by atoms with Crippen molar-refractivity contribution in [3.63, 3.8) is 0 Å². The zero-order chi connectivity index (χ0) is 17.5. The smallest absolute Gasteiger partial charge is 0.227 e. The van der Waals surface area contributed by atoms with Crippen molar-refractivity contribution in [1.29, 1.82) is 0 Å². The third-order valence-electron chi connectivity index (χ3n) is 5.80. The van der Waals surface area contributed by atoms with Crippen molar-refractivity contribution in [3.05, 3.63) is 47.8 Å². The average Bonchev–Trinajstić information content (AvgIpc) is 3.26. The number of amides is 1. The van der Waals surface area contributed by atoms with Crippen LogP contribution in [-0.4, -0.2) is 53.4 Å². The van der Waals surface area contributed by atoms with Crippen molar-refractivity contribution in [3.8, 4) is 0 Å². The van der Waals surface area contributed by atoms with E-state index in [1.54, 1.807) is 0 Å². The summed E-state index contributed by atoms with van der Waals surface area (Å²) in [7, 11) is 0. The van der Waals surface area contributed by atoms with Crippen LogP contribution in [0.15, 0.2) is 36.7 Å². The second kappa shape index (κ2) is 6.52. The zero-order valence-electron chi connectivity index (χ0n) is 14.9. The van der Waals surface area contributed by atoms with E-state index >= 15 is 0 Å². The minimum atomic E-state index is 0.177. The third-order valence-corrected chi connectivity index (χ3v) is 5.80. The molecule has 1 amide bonds. The Hall–Kier alpha value is -2.18. The van der Waals surface area contributed by atoms with Crippen LogP contribution < -0.4 is 4.90 Å². The van der Waals surface area contributed by atoms with Crippen molar-refractivity contribution >= 4 is 11.6 Å². The standard InChI is InChI=1S/C20H24N4O2/c25-20-6-3-8-23(20)16-10-21-24(13-16)17-11-22(12-17)14-19-18-5-2-1-4-15(18)7-9-26-19/h1-2,4-5,10,13,17,19H,3,6-9,11-12,14H2. The molecule has 3 aliphatic rings. The van der Waals surface area contributed by atoms with Gasteiger partial charge in [0, 0.05) is 38.8 Å². The maximum atomic E-state index is 11.9. The number of nitrogens with zero attached hydrogens (tertiary/aromatic N) is 4. The van der Waals surface area contributed by atoms with E-state index in [0.29, 0.717) is 12.5 Å². The highest BCUT2D eigenvalue weighted by Crippen LogP contribution is 2.31. The Kier molecular flexibility index (Phi) is 4.02. The Balaban J connectivity index is 1.20. The quantitative estimate of drug-likeness (QED) is 0.846. The highest BCUT2D eigenvalue weighted by molar-refractivity contribution is 5.95. The number of aromatic nitrogens is 2. The van der Waals surface area contributed by atoms with Gasteiger partial charge in [-0.15, -0.1) is 0 Å². The van der Waals surface area contributed by atoms with Crippen LogP contribution in [0.4, 0.5) is 5.69 Å². The van der Waals surface area contributed by atoms with E-state index in [9.17, 15) is 4.79 Å². The van der Waals surface area contributed by atoms with Crippen LogP contribution >= 0.6 is 0 Å². The molecule has 5 rings (SSSR count). The van der Waals surface area contributed by atoms with Crippen molar-refractivity contribution in [2.45, 2.75) is 31.4 Å². The predicted octanol–water partition coefficient (Wildman–Crippen LogP) is 2.18. The molecule has 0 saturated carbocycles. The number of anilines is 1. The van der Waals surface area contributed by atoms with Crippen molar-refractivity contribution < 1.29 is 9.53 Å². The van der Waals surface area contributed by atoms with Crippen molar-refractivity contribution in [2.24, 2.45) is 0 Å². The molecule has 6 heteroatoms. The molecule has 4 heterocycles. The molecule has 0 aliphatic carbocycles. The van der Waals surface area contributed by atoms with Gasteiger partial charge in [-0.2, -0.15) is 5.10 Å². The Bertz CT molecular complexity index is 812. The van der Waals surface area contributed by atoms with E-state index in [4.69, 9.17) is 4.74 Å². The van der Waals surface area contributed by atoms with Gasteiger partial charge in [-0.1, -0.05) is 24.3 Å². The van der Waals surface area contributed by atoms with Gasteiger partial charge in [0.15, 0.2) is 0 Å². The summed E-state index contributed by atoms with van der Waals surface area (Å²) in [5.41, 5.74) is 3.71. The SMILES string of the molecule is O=C1CCCN1c1cnn(C2CN(CC3OCCc4ccccc43)C2)c1. The maximum Gasteiger partial charge on any atom is 0.227 e. The molecule has 26 heavy (non-hydrogen) atoms. The molecule has 0 radical (unpaired) electrons.